The Morgan fingerprint density at radius 3 is 2.29 bits per heavy atom. The second kappa shape index (κ2) is 12.6. The van der Waals surface area contributed by atoms with Crippen LogP contribution in [-0.2, 0) is 9.59 Å². The fourth-order valence-electron chi connectivity index (χ4n) is 3.55. The highest BCUT2D eigenvalue weighted by Gasteiger charge is 2.21. The van der Waals surface area contributed by atoms with Crippen LogP contribution in [0.2, 0.25) is 0 Å². The summed E-state index contributed by atoms with van der Waals surface area (Å²) in [6.07, 6.45) is 2.39. The van der Waals surface area contributed by atoms with Gasteiger partial charge in [-0.2, -0.15) is 17.6 Å². The zero-order valence-electron chi connectivity index (χ0n) is 18.7. The Balaban J connectivity index is 1.45. The second-order valence-corrected chi connectivity index (χ2v) is 7.53. The Kier molecular flexibility index (Phi) is 9.33. The Morgan fingerprint density at radius 1 is 0.943 bits per heavy atom. The van der Waals surface area contributed by atoms with Crippen LogP contribution < -0.4 is 19.7 Å². The van der Waals surface area contributed by atoms with Gasteiger partial charge in [0.15, 0.2) is 0 Å². The second-order valence-electron chi connectivity index (χ2n) is 7.53. The molecule has 0 aliphatic carbocycles. The number of piperazine rings is 1. The number of amides is 2. The third-order valence-corrected chi connectivity index (χ3v) is 5.23. The molecular weight excluding hydrogens is 470 g/mol. The highest BCUT2D eigenvalue weighted by atomic mass is 19.3. The highest BCUT2D eigenvalue weighted by Crippen LogP contribution is 2.28. The van der Waals surface area contributed by atoms with Gasteiger partial charge >= 0.3 is 13.2 Å². The van der Waals surface area contributed by atoms with Gasteiger partial charge in [0.1, 0.15) is 11.5 Å². The van der Waals surface area contributed by atoms with Gasteiger partial charge in [0.05, 0.1) is 0 Å². The molecule has 0 bridgehead atoms. The number of nitrogens with zero attached hydrogens (tertiary/aromatic N) is 2. The SMILES string of the molecule is O=C(/C=C/c1ccc(OC(F)F)cc1OC(F)F)NCCC(=O)N1CCN(c2ccccc2)CC1. The van der Waals surface area contributed by atoms with Crippen molar-refractivity contribution in [2.75, 3.05) is 37.6 Å². The van der Waals surface area contributed by atoms with Crippen molar-refractivity contribution in [3.63, 3.8) is 0 Å². The lowest BCUT2D eigenvalue weighted by atomic mass is 10.1. The van der Waals surface area contributed by atoms with Crippen molar-refractivity contribution >= 4 is 23.6 Å². The summed E-state index contributed by atoms with van der Waals surface area (Å²) in [6.45, 7) is -3.62. The van der Waals surface area contributed by atoms with Crippen LogP contribution in [0.5, 0.6) is 11.5 Å². The molecule has 7 nitrogen and oxygen atoms in total. The number of nitrogens with one attached hydrogen (secondary N) is 1. The van der Waals surface area contributed by atoms with E-state index in [9.17, 15) is 27.2 Å². The van der Waals surface area contributed by atoms with Crippen molar-refractivity contribution in [1.29, 1.82) is 0 Å². The van der Waals surface area contributed by atoms with Crippen LogP contribution in [0.25, 0.3) is 6.08 Å². The molecule has 3 rings (SSSR count). The molecule has 35 heavy (non-hydrogen) atoms. The monoisotopic (exact) mass is 495 g/mol. The van der Waals surface area contributed by atoms with Crippen molar-refractivity contribution in [3.05, 3.63) is 60.2 Å². The molecule has 1 fully saturated rings. The Labute approximate surface area is 199 Å². The van der Waals surface area contributed by atoms with E-state index in [0.717, 1.165) is 37.0 Å². The normalized spacial score (nSPS) is 14.0. The van der Waals surface area contributed by atoms with Gasteiger partial charge in [0, 0.05) is 62.5 Å². The lowest BCUT2D eigenvalue weighted by Crippen LogP contribution is -2.49. The van der Waals surface area contributed by atoms with Crippen molar-refractivity contribution in [2.45, 2.75) is 19.6 Å². The van der Waals surface area contributed by atoms with Crippen LogP contribution in [0.15, 0.2) is 54.6 Å². The Hall–Kier alpha value is -3.76. The van der Waals surface area contributed by atoms with Crippen LogP contribution in [0.1, 0.15) is 12.0 Å². The summed E-state index contributed by atoms with van der Waals surface area (Å²) in [5.74, 6) is -1.42. The van der Waals surface area contributed by atoms with E-state index < -0.39 is 24.9 Å². The van der Waals surface area contributed by atoms with E-state index in [4.69, 9.17) is 0 Å². The standard InChI is InChI=1S/C24H25F4N3O4/c25-23(26)34-19-8-6-17(20(16-19)35-24(27)28)7-9-21(32)29-11-10-22(33)31-14-12-30(13-15-31)18-4-2-1-3-5-18/h1-9,16,23-24H,10-15H2,(H,29,32)/b9-7+. The minimum Gasteiger partial charge on any atom is -0.435 e. The number of benzene rings is 2. The molecule has 1 aliphatic rings. The number of hydrogen-bond donors (Lipinski definition) is 1. The van der Waals surface area contributed by atoms with E-state index in [1.54, 1.807) is 4.90 Å². The average Bonchev–Trinajstić information content (AvgIpc) is 2.83. The van der Waals surface area contributed by atoms with Crippen LogP contribution in [0.4, 0.5) is 23.2 Å². The molecule has 11 heteroatoms. The minimum atomic E-state index is -3.20. The predicted octanol–water partition coefficient (Wildman–Crippen LogP) is 3.76. The van der Waals surface area contributed by atoms with Gasteiger partial charge in [-0.25, -0.2) is 0 Å². The summed E-state index contributed by atoms with van der Waals surface area (Å²) < 4.78 is 58.5. The molecule has 2 amide bonds. The maximum absolute atomic E-state index is 12.6. The summed E-state index contributed by atoms with van der Waals surface area (Å²) in [7, 11) is 0. The Bertz CT molecular complexity index is 1010. The zero-order chi connectivity index (χ0) is 25.2. The summed E-state index contributed by atoms with van der Waals surface area (Å²) in [4.78, 5) is 28.5. The van der Waals surface area contributed by atoms with Crippen molar-refractivity contribution in [1.82, 2.24) is 10.2 Å². The van der Waals surface area contributed by atoms with Crippen LogP contribution in [-0.4, -0.2) is 62.7 Å². The predicted molar refractivity (Wildman–Crippen MR) is 122 cm³/mol. The van der Waals surface area contributed by atoms with E-state index in [-0.39, 0.29) is 30.2 Å². The van der Waals surface area contributed by atoms with Crippen molar-refractivity contribution in [2.24, 2.45) is 0 Å². The molecule has 0 spiro atoms. The van der Waals surface area contributed by atoms with Gasteiger partial charge in [-0.05, 0) is 30.3 Å². The lowest BCUT2D eigenvalue weighted by molar-refractivity contribution is -0.131. The lowest BCUT2D eigenvalue weighted by Gasteiger charge is -2.36. The van der Waals surface area contributed by atoms with Gasteiger partial charge in [-0.1, -0.05) is 18.2 Å². The largest absolute Gasteiger partial charge is 0.435 e. The number of hydrogen-bond acceptors (Lipinski definition) is 5. The summed E-state index contributed by atoms with van der Waals surface area (Å²) in [5, 5.41) is 2.56. The smallest absolute Gasteiger partial charge is 0.387 e. The maximum atomic E-state index is 12.6. The number of alkyl halides is 4. The molecule has 1 heterocycles. The molecule has 2 aromatic rings. The molecule has 1 aliphatic heterocycles. The first-order valence-electron chi connectivity index (χ1n) is 10.9. The molecule has 188 valence electrons. The van der Waals surface area contributed by atoms with Gasteiger partial charge in [-0.3, -0.25) is 9.59 Å². The molecule has 1 N–H and O–H groups in total. The molecule has 1 saturated heterocycles. The number of carbonyl (C=O) groups excluding carboxylic acids is 2. The Morgan fingerprint density at radius 2 is 1.63 bits per heavy atom. The molecule has 0 unspecified atom stereocenters. The summed E-state index contributed by atoms with van der Waals surface area (Å²) >= 11 is 0. The topological polar surface area (TPSA) is 71.1 Å². The first-order chi connectivity index (χ1) is 16.8. The molecule has 0 atom stereocenters. The summed E-state index contributed by atoms with van der Waals surface area (Å²) in [5.41, 5.74) is 1.17. The van der Waals surface area contributed by atoms with E-state index in [2.05, 4.69) is 19.7 Å². The number of anilines is 1. The molecule has 2 aromatic carbocycles. The third-order valence-electron chi connectivity index (χ3n) is 5.23. The quantitative estimate of drug-likeness (QED) is 0.402. The van der Waals surface area contributed by atoms with E-state index in [0.29, 0.717) is 13.1 Å². The van der Waals surface area contributed by atoms with Crippen LogP contribution in [0, 0.1) is 0 Å². The van der Waals surface area contributed by atoms with Crippen LogP contribution >= 0.6 is 0 Å². The number of ether oxygens (including phenoxy) is 2. The zero-order valence-corrected chi connectivity index (χ0v) is 18.7. The van der Waals surface area contributed by atoms with Gasteiger partial charge < -0.3 is 24.6 Å². The van der Waals surface area contributed by atoms with Crippen LogP contribution in [0.3, 0.4) is 0 Å². The maximum Gasteiger partial charge on any atom is 0.387 e. The van der Waals surface area contributed by atoms with Gasteiger partial charge in [-0.15, -0.1) is 0 Å². The highest BCUT2D eigenvalue weighted by molar-refractivity contribution is 5.92. The van der Waals surface area contributed by atoms with E-state index in [1.807, 2.05) is 30.3 Å². The van der Waals surface area contributed by atoms with Crippen molar-refractivity contribution in [3.8, 4) is 11.5 Å². The van der Waals surface area contributed by atoms with Gasteiger partial charge in [0.25, 0.3) is 0 Å². The molecule has 0 saturated carbocycles. The third kappa shape index (κ3) is 8.20. The van der Waals surface area contributed by atoms with E-state index in [1.165, 1.54) is 12.1 Å². The molecular formula is C24H25F4N3O4. The van der Waals surface area contributed by atoms with Gasteiger partial charge in [0.2, 0.25) is 11.8 Å². The first kappa shape index (κ1) is 25.9. The number of para-hydroxylation sites is 1. The average molecular weight is 495 g/mol. The molecule has 0 aromatic heterocycles. The molecule has 0 radical (unpaired) electrons. The van der Waals surface area contributed by atoms with Crippen molar-refractivity contribution < 1.29 is 36.6 Å². The number of carbonyl (C=O) groups is 2. The minimum absolute atomic E-state index is 0.0643. The summed E-state index contributed by atoms with van der Waals surface area (Å²) in [6, 6.07) is 13.1. The fraction of sp³-hybridized carbons (Fsp3) is 0.333. The number of halogens is 4. The fourth-order valence-corrected chi connectivity index (χ4v) is 3.55. The first-order valence-corrected chi connectivity index (χ1v) is 10.9. The number of rotatable bonds is 10. The van der Waals surface area contributed by atoms with E-state index >= 15 is 0 Å².